The van der Waals surface area contributed by atoms with E-state index < -0.39 is 5.82 Å². The number of hydrogen-bond donors (Lipinski definition) is 1. The maximum atomic E-state index is 13.1. The van der Waals surface area contributed by atoms with E-state index in [0.717, 1.165) is 0 Å². The van der Waals surface area contributed by atoms with Crippen LogP contribution in [0.25, 0.3) is 0 Å². The molecule has 0 bridgehead atoms. The highest BCUT2D eigenvalue weighted by Gasteiger charge is 2.04. The summed E-state index contributed by atoms with van der Waals surface area (Å²) in [4.78, 5) is 3.72. The Morgan fingerprint density at radius 2 is 2.07 bits per heavy atom. The Bertz CT molecular complexity index is 474. The summed E-state index contributed by atoms with van der Waals surface area (Å²) in [5.41, 5.74) is 0. The lowest BCUT2D eigenvalue weighted by molar-refractivity contribution is 0.416. The van der Waals surface area contributed by atoms with Crippen molar-refractivity contribution in [2.24, 2.45) is 0 Å². The number of phenolic OH excluding ortho intramolecular Hbond substituents is 1. The van der Waals surface area contributed by atoms with Crippen molar-refractivity contribution in [3.05, 3.63) is 48.4 Å². The number of aromatic hydroxyl groups is 1. The van der Waals surface area contributed by atoms with Gasteiger partial charge >= 0.3 is 0 Å². The predicted octanol–water partition coefficient (Wildman–Crippen LogP) is 2.72. The molecule has 0 saturated carbocycles. The molecule has 1 aromatic carbocycles. The van der Waals surface area contributed by atoms with Crippen molar-refractivity contribution in [1.29, 1.82) is 0 Å². The number of hydrogen-bond acceptors (Lipinski definition) is 3. The molecule has 0 atom stereocenters. The van der Waals surface area contributed by atoms with Gasteiger partial charge in [0, 0.05) is 12.3 Å². The van der Waals surface area contributed by atoms with Crippen LogP contribution in [0.4, 0.5) is 4.39 Å². The molecule has 2 aromatic rings. The van der Waals surface area contributed by atoms with Gasteiger partial charge < -0.3 is 9.84 Å². The molecule has 0 radical (unpaired) electrons. The highest BCUT2D eigenvalue weighted by Crippen LogP contribution is 2.24. The van der Waals surface area contributed by atoms with Gasteiger partial charge in [0.2, 0.25) is 0 Å². The molecule has 4 heteroatoms. The second-order valence-corrected chi connectivity index (χ2v) is 2.89. The Kier molecular flexibility index (Phi) is 2.49. The van der Waals surface area contributed by atoms with Crippen LogP contribution in [0.3, 0.4) is 0 Å². The summed E-state index contributed by atoms with van der Waals surface area (Å²) in [5.74, 6) is -0.250. The molecule has 76 valence electrons. The zero-order chi connectivity index (χ0) is 10.7. The van der Waals surface area contributed by atoms with Crippen molar-refractivity contribution in [3.8, 4) is 17.4 Å². The number of phenols is 1. The highest BCUT2D eigenvalue weighted by molar-refractivity contribution is 5.34. The molecule has 0 aliphatic carbocycles. The number of pyridine rings is 1. The third-order valence-electron chi connectivity index (χ3n) is 1.76. The van der Waals surface area contributed by atoms with Crippen LogP contribution in [0.2, 0.25) is 0 Å². The summed E-state index contributed by atoms with van der Waals surface area (Å²) in [6, 6.07) is 8.82. The van der Waals surface area contributed by atoms with Crippen molar-refractivity contribution >= 4 is 0 Å². The topological polar surface area (TPSA) is 42.4 Å². The first-order chi connectivity index (χ1) is 7.25. The van der Waals surface area contributed by atoms with E-state index in [2.05, 4.69) is 4.98 Å². The van der Waals surface area contributed by atoms with E-state index in [9.17, 15) is 4.39 Å². The number of ether oxygens (including phenoxy) is 1. The van der Waals surface area contributed by atoms with Crippen LogP contribution in [0, 0.1) is 5.82 Å². The van der Waals surface area contributed by atoms with Crippen molar-refractivity contribution < 1.29 is 14.2 Å². The Labute approximate surface area is 85.8 Å². The summed E-state index contributed by atoms with van der Waals surface area (Å²) in [6.45, 7) is 0. The predicted molar refractivity (Wildman–Crippen MR) is 52.4 cm³/mol. The monoisotopic (exact) mass is 205 g/mol. The molecule has 0 unspecified atom stereocenters. The van der Waals surface area contributed by atoms with Crippen LogP contribution in [0.5, 0.6) is 17.4 Å². The van der Waals surface area contributed by atoms with Gasteiger partial charge in [0.25, 0.3) is 5.88 Å². The van der Waals surface area contributed by atoms with E-state index in [4.69, 9.17) is 9.84 Å². The maximum absolute atomic E-state index is 13.1. The quantitative estimate of drug-likeness (QED) is 0.819. The Morgan fingerprint density at radius 3 is 2.80 bits per heavy atom. The first kappa shape index (κ1) is 9.45. The fourth-order valence-electron chi connectivity index (χ4n) is 1.10. The fraction of sp³-hybridized carbons (Fsp3) is 0. The van der Waals surface area contributed by atoms with Crippen LogP contribution >= 0.6 is 0 Å². The van der Waals surface area contributed by atoms with Gasteiger partial charge in [-0.2, -0.15) is 0 Å². The second-order valence-electron chi connectivity index (χ2n) is 2.89. The minimum absolute atomic E-state index is 0.0591. The van der Waals surface area contributed by atoms with E-state index in [0.29, 0.717) is 5.75 Å². The molecule has 0 amide bonds. The molecular formula is C11H8FNO2. The van der Waals surface area contributed by atoms with Gasteiger partial charge in [0.05, 0.1) is 0 Å². The maximum Gasteiger partial charge on any atom is 0.255 e. The summed E-state index contributed by atoms with van der Waals surface area (Å²) >= 11 is 0. The second kappa shape index (κ2) is 3.96. The Hall–Kier alpha value is -2.10. The molecule has 0 aliphatic rings. The standard InChI is InChI=1S/C11H8FNO2/c12-10-5-2-6-13-11(10)15-9-4-1-3-8(14)7-9/h1-7,14H. The molecule has 15 heavy (non-hydrogen) atoms. The lowest BCUT2D eigenvalue weighted by Crippen LogP contribution is -1.90. The molecule has 0 fully saturated rings. The number of rotatable bonds is 2. The molecule has 1 heterocycles. The van der Waals surface area contributed by atoms with E-state index >= 15 is 0 Å². The van der Waals surface area contributed by atoms with Crippen LogP contribution in [-0.4, -0.2) is 10.1 Å². The molecular weight excluding hydrogens is 197 g/mol. The summed E-state index contributed by atoms with van der Waals surface area (Å²) in [7, 11) is 0. The van der Waals surface area contributed by atoms with Crippen LogP contribution in [-0.2, 0) is 0 Å². The van der Waals surface area contributed by atoms with E-state index in [1.165, 1.54) is 30.5 Å². The van der Waals surface area contributed by atoms with Crippen molar-refractivity contribution in [2.45, 2.75) is 0 Å². The van der Waals surface area contributed by atoms with Gasteiger partial charge in [0.15, 0.2) is 5.82 Å². The van der Waals surface area contributed by atoms with Crippen LogP contribution < -0.4 is 4.74 Å². The van der Waals surface area contributed by atoms with E-state index in [1.807, 2.05) is 0 Å². The third-order valence-corrected chi connectivity index (χ3v) is 1.76. The molecule has 1 aromatic heterocycles. The largest absolute Gasteiger partial charge is 0.508 e. The zero-order valence-electron chi connectivity index (χ0n) is 7.72. The minimum Gasteiger partial charge on any atom is -0.508 e. The summed E-state index contributed by atoms with van der Waals surface area (Å²) < 4.78 is 18.3. The van der Waals surface area contributed by atoms with Gasteiger partial charge in [0.1, 0.15) is 11.5 Å². The SMILES string of the molecule is Oc1cccc(Oc2ncccc2F)c1. The normalized spacial score (nSPS) is 9.93. The summed E-state index contributed by atoms with van der Waals surface area (Å²) in [6.07, 6.45) is 1.43. The zero-order valence-corrected chi connectivity index (χ0v) is 7.72. The van der Waals surface area contributed by atoms with Crippen LogP contribution in [0.1, 0.15) is 0 Å². The fourth-order valence-corrected chi connectivity index (χ4v) is 1.10. The first-order valence-corrected chi connectivity index (χ1v) is 4.33. The van der Waals surface area contributed by atoms with E-state index in [-0.39, 0.29) is 11.6 Å². The molecule has 0 spiro atoms. The lowest BCUT2D eigenvalue weighted by atomic mass is 10.3. The lowest BCUT2D eigenvalue weighted by Gasteiger charge is -2.04. The van der Waals surface area contributed by atoms with Crippen LogP contribution in [0.15, 0.2) is 42.6 Å². The Morgan fingerprint density at radius 1 is 1.20 bits per heavy atom. The first-order valence-electron chi connectivity index (χ1n) is 4.33. The molecule has 3 nitrogen and oxygen atoms in total. The molecule has 0 saturated heterocycles. The van der Waals surface area contributed by atoms with Crippen molar-refractivity contribution in [3.63, 3.8) is 0 Å². The third kappa shape index (κ3) is 2.22. The van der Waals surface area contributed by atoms with Gasteiger partial charge in [-0.1, -0.05) is 6.07 Å². The number of benzene rings is 1. The van der Waals surface area contributed by atoms with Gasteiger partial charge in [-0.3, -0.25) is 0 Å². The smallest absolute Gasteiger partial charge is 0.255 e. The summed E-state index contributed by atoms with van der Waals surface area (Å²) in [5, 5.41) is 9.17. The highest BCUT2D eigenvalue weighted by atomic mass is 19.1. The molecule has 2 rings (SSSR count). The van der Waals surface area contributed by atoms with Gasteiger partial charge in [-0.25, -0.2) is 9.37 Å². The number of aromatic nitrogens is 1. The average molecular weight is 205 g/mol. The Balaban J connectivity index is 2.26. The van der Waals surface area contributed by atoms with Crippen molar-refractivity contribution in [1.82, 2.24) is 4.98 Å². The minimum atomic E-state index is -0.541. The molecule has 1 N–H and O–H groups in total. The average Bonchev–Trinajstić information content (AvgIpc) is 2.22. The van der Waals surface area contributed by atoms with Gasteiger partial charge in [-0.15, -0.1) is 0 Å². The van der Waals surface area contributed by atoms with E-state index in [1.54, 1.807) is 12.1 Å². The number of nitrogens with zero attached hydrogens (tertiary/aromatic N) is 1. The number of halogens is 1. The van der Waals surface area contributed by atoms with Crippen molar-refractivity contribution in [2.75, 3.05) is 0 Å². The van der Waals surface area contributed by atoms with Gasteiger partial charge in [-0.05, 0) is 24.3 Å². The molecule has 0 aliphatic heterocycles.